The van der Waals surface area contributed by atoms with Crippen molar-refractivity contribution in [1.29, 1.82) is 0 Å². The summed E-state index contributed by atoms with van der Waals surface area (Å²) in [5.41, 5.74) is 7.07. The van der Waals surface area contributed by atoms with Gasteiger partial charge < -0.3 is 10.8 Å². The third-order valence-corrected chi connectivity index (χ3v) is 3.58. The van der Waals surface area contributed by atoms with Crippen LogP contribution >= 0.6 is 0 Å². The van der Waals surface area contributed by atoms with Gasteiger partial charge in [-0.05, 0) is 25.3 Å². The number of nitrogens with zero attached hydrogens (tertiary/aromatic N) is 3. The second kappa shape index (κ2) is 5.62. The van der Waals surface area contributed by atoms with E-state index in [4.69, 9.17) is 5.73 Å². The van der Waals surface area contributed by atoms with Crippen LogP contribution in [0.5, 0.6) is 0 Å². The summed E-state index contributed by atoms with van der Waals surface area (Å²) in [5, 5.41) is 13.5. The quantitative estimate of drug-likeness (QED) is 0.782. The second-order valence-electron chi connectivity index (χ2n) is 4.88. The molecule has 1 saturated heterocycles. The Morgan fingerprint density at radius 2 is 2.47 bits per heavy atom. The maximum Gasteiger partial charge on any atom is 0.0538 e. The number of aliphatic hydroxyl groups excluding tert-OH is 1. The van der Waals surface area contributed by atoms with E-state index in [1.807, 2.05) is 24.1 Å². The van der Waals surface area contributed by atoms with Crippen molar-refractivity contribution >= 4 is 0 Å². The van der Waals surface area contributed by atoms with Crippen molar-refractivity contribution < 1.29 is 5.11 Å². The smallest absolute Gasteiger partial charge is 0.0538 e. The van der Waals surface area contributed by atoms with Crippen LogP contribution in [0.4, 0.5) is 0 Å². The fraction of sp³-hybridized carbons (Fsp3) is 0.750. The van der Waals surface area contributed by atoms with Crippen LogP contribution in [0.15, 0.2) is 12.4 Å². The maximum absolute atomic E-state index is 9.26. The Kier molecular flexibility index (Phi) is 4.15. The molecule has 1 aromatic rings. The Hall–Kier alpha value is -0.910. The first-order valence-electron chi connectivity index (χ1n) is 6.28. The van der Waals surface area contributed by atoms with E-state index in [1.165, 1.54) is 5.56 Å². The van der Waals surface area contributed by atoms with Gasteiger partial charge in [0.15, 0.2) is 0 Å². The number of aliphatic hydroxyl groups is 1. The van der Waals surface area contributed by atoms with Crippen LogP contribution in [0.2, 0.25) is 0 Å². The number of rotatable bonds is 4. The topological polar surface area (TPSA) is 67.3 Å². The summed E-state index contributed by atoms with van der Waals surface area (Å²) in [7, 11) is 1.92. The molecule has 5 nitrogen and oxygen atoms in total. The Labute approximate surface area is 102 Å². The van der Waals surface area contributed by atoms with Crippen LogP contribution in [0.25, 0.3) is 0 Å². The molecule has 0 saturated carbocycles. The summed E-state index contributed by atoms with van der Waals surface area (Å²) in [6.07, 6.45) is 6.18. The number of hydrogen-bond acceptors (Lipinski definition) is 4. The molecule has 96 valence electrons. The first kappa shape index (κ1) is 12.5. The van der Waals surface area contributed by atoms with Crippen molar-refractivity contribution in [1.82, 2.24) is 14.7 Å². The van der Waals surface area contributed by atoms with Crippen molar-refractivity contribution in [3.8, 4) is 0 Å². The molecule has 0 aromatic carbocycles. The van der Waals surface area contributed by atoms with Gasteiger partial charge in [0.05, 0.1) is 12.2 Å². The molecule has 2 unspecified atom stereocenters. The highest BCUT2D eigenvalue weighted by molar-refractivity contribution is 5.11. The van der Waals surface area contributed by atoms with Gasteiger partial charge in [0.2, 0.25) is 0 Å². The van der Waals surface area contributed by atoms with Gasteiger partial charge in [0.25, 0.3) is 0 Å². The van der Waals surface area contributed by atoms with E-state index in [-0.39, 0.29) is 12.6 Å². The van der Waals surface area contributed by atoms with E-state index in [9.17, 15) is 5.11 Å². The number of piperidine rings is 1. The minimum Gasteiger partial charge on any atom is -0.396 e. The normalized spacial score (nSPS) is 23.8. The third-order valence-electron chi connectivity index (χ3n) is 3.58. The number of aryl methyl sites for hydroxylation is 1. The van der Waals surface area contributed by atoms with Gasteiger partial charge in [-0.1, -0.05) is 0 Å². The zero-order valence-electron chi connectivity index (χ0n) is 10.4. The summed E-state index contributed by atoms with van der Waals surface area (Å²) >= 11 is 0. The number of hydrogen-bond donors (Lipinski definition) is 2. The van der Waals surface area contributed by atoms with Gasteiger partial charge in [-0.2, -0.15) is 5.10 Å². The molecule has 1 aromatic heterocycles. The van der Waals surface area contributed by atoms with Crippen molar-refractivity contribution in [2.24, 2.45) is 18.7 Å². The Morgan fingerprint density at radius 1 is 1.65 bits per heavy atom. The van der Waals surface area contributed by atoms with Crippen LogP contribution < -0.4 is 5.73 Å². The van der Waals surface area contributed by atoms with Gasteiger partial charge >= 0.3 is 0 Å². The van der Waals surface area contributed by atoms with Gasteiger partial charge in [0, 0.05) is 38.5 Å². The van der Waals surface area contributed by atoms with E-state index < -0.39 is 0 Å². The first-order chi connectivity index (χ1) is 8.24. The van der Waals surface area contributed by atoms with Crippen molar-refractivity contribution in [2.45, 2.75) is 18.9 Å². The number of aromatic nitrogens is 2. The third kappa shape index (κ3) is 2.86. The van der Waals surface area contributed by atoms with Crippen LogP contribution in [0.3, 0.4) is 0 Å². The average Bonchev–Trinajstić information content (AvgIpc) is 2.77. The predicted octanol–water partition coefficient (Wildman–Crippen LogP) is 0.124. The second-order valence-corrected chi connectivity index (χ2v) is 4.88. The van der Waals surface area contributed by atoms with Crippen molar-refractivity contribution in [3.63, 3.8) is 0 Å². The molecular formula is C12H22N4O. The highest BCUT2D eigenvalue weighted by atomic mass is 16.3. The lowest BCUT2D eigenvalue weighted by Crippen LogP contribution is -2.41. The van der Waals surface area contributed by atoms with E-state index in [2.05, 4.69) is 10.00 Å². The largest absolute Gasteiger partial charge is 0.396 e. The molecule has 1 fully saturated rings. The summed E-state index contributed by atoms with van der Waals surface area (Å²) in [4.78, 5) is 2.38. The van der Waals surface area contributed by atoms with Crippen LogP contribution in [0.1, 0.15) is 24.4 Å². The Balaban J connectivity index is 2.07. The molecule has 2 rings (SSSR count). The van der Waals surface area contributed by atoms with E-state index >= 15 is 0 Å². The molecule has 3 N–H and O–H groups in total. The number of nitrogens with two attached hydrogens (primary N) is 1. The van der Waals surface area contributed by atoms with Crippen LogP contribution in [-0.4, -0.2) is 46.0 Å². The van der Waals surface area contributed by atoms with Crippen LogP contribution in [-0.2, 0) is 7.05 Å². The van der Waals surface area contributed by atoms with Gasteiger partial charge in [-0.15, -0.1) is 0 Å². The lowest BCUT2D eigenvalue weighted by molar-refractivity contribution is 0.0900. The molecule has 0 bridgehead atoms. The zero-order chi connectivity index (χ0) is 12.3. The fourth-order valence-corrected chi connectivity index (χ4v) is 2.64. The monoisotopic (exact) mass is 238 g/mol. The van der Waals surface area contributed by atoms with Crippen molar-refractivity contribution in [2.75, 3.05) is 26.2 Å². The van der Waals surface area contributed by atoms with E-state index in [0.717, 1.165) is 25.9 Å². The minimum atomic E-state index is 0.234. The molecule has 2 atom stereocenters. The Morgan fingerprint density at radius 3 is 3.06 bits per heavy atom. The summed E-state index contributed by atoms with van der Waals surface area (Å²) in [6, 6.07) is 0.234. The SMILES string of the molecule is Cn1cc(C(CN)N2CCCC(CO)C2)cn1. The molecule has 17 heavy (non-hydrogen) atoms. The molecule has 5 heteroatoms. The maximum atomic E-state index is 9.26. The lowest BCUT2D eigenvalue weighted by Gasteiger charge is -2.37. The van der Waals surface area contributed by atoms with E-state index in [0.29, 0.717) is 12.5 Å². The molecular weight excluding hydrogens is 216 g/mol. The molecule has 0 radical (unpaired) electrons. The molecule has 1 aliphatic heterocycles. The predicted molar refractivity (Wildman–Crippen MR) is 66.4 cm³/mol. The van der Waals surface area contributed by atoms with Crippen molar-refractivity contribution in [3.05, 3.63) is 18.0 Å². The molecule has 0 spiro atoms. The summed E-state index contributed by atoms with van der Waals surface area (Å²) < 4.78 is 1.81. The van der Waals surface area contributed by atoms with Crippen LogP contribution in [0, 0.1) is 5.92 Å². The highest BCUT2D eigenvalue weighted by Crippen LogP contribution is 2.25. The highest BCUT2D eigenvalue weighted by Gasteiger charge is 2.26. The average molecular weight is 238 g/mol. The summed E-state index contributed by atoms with van der Waals surface area (Å²) in [6.45, 7) is 2.88. The number of likely N-dealkylation sites (tertiary alicyclic amines) is 1. The van der Waals surface area contributed by atoms with Gasteiger partial charge in [0.1, 0.15) is 0 Å². The zero-order valence-corrected chi connectivity index (χ0v) is 10.4. The minimum absolute atomic E-state index is 0.234. The lowest BCUT2D eigenvalue weighted by atomic mass is 9.96. The standard InChI is InChI=1S/C12H22N4O/c1-15-8-11(6-14-15)12(5-13)16-4-2-3-10(7-16)9-17/h6,8,10,12,17H,2-5,7,9,13H2,1H3. The van der Waals surface area contributed by atoms with E-state index in [1.54, 1.807) is 0 Å². The molecule has 0 amide bonds. The summed E-state index contributed by atoms with van der Waals surface area (Å²) in [5.74, 6) is 0.398. The van der Waals surface area contributed by atoms with Gasteiger partial charge in [-0.25, -0.2) is 0 Å². The Bertz CT molecular complexity index is 352. The fourth-order valence-electron chi connectivity index (χ4n) is 2.64. The molecule has 2 heterocycles. The molecule has 0 aliphatic carbocycles. The first-order valence-corrected chi connectivity index (χ1v) is 6.28. The van der Waals surface area contributed by atoms with Gasteiger partial charge in [-0.3, -0.25) is 9.58 Å². The molecule has 1 aliphatic rings.